The maximum absolute atomic E-state index is 12.6. The number of allylic oxidation sites excluding steroid dienone is 5. The van der Waals surface area contributed by atoms with Crippen LogP contribution in [0.2, 0.25) is 0 Å². The van der Waals surface area contributed by atoms with Crippen molar-refractivity contribution in [3.05, 3.63) is 40.3 Å². The molecule has 0 spiro atoms. The van der Waals surface area contributed by atoms with Crippen molar-refractivity contribution in [3.8, 4) is 0 Å². The summed E-state index contributed by atoms with van der Waals surface area (Å²) >= 11 is 3.16. The minimum absolute atomic E-state index is 0.208. The summed E-state index contributed by atoms with van der Waals surface area (Å²) in [5.41, 5.74) is 2.88. The third-order valence-electron chi connectivity index (χ3n) is 1.05. The molecule has 2 heteroatoms. The van der Waals surface area contributed by atoms with Crippen molar-refractivity contribution in [2.24, 2.45) is 0 Å². The molecule has 0 bridgehead atoms. The first-order valence-electron chi connectivity index (χ1n) is 2.93. The Bertz CT molecular complexity index is 242. The Morgan fingerprint density at radius 2 is 2.40 bits per heavy atom. The first-order valence-corrected chi connectivity index (χ1v) is 3.72. The van der Waals surface area contributed by atoms with Gasteiger partial charge in [0.2, 0.25) is 0 Å². The Kier molecular flexibility index (Phi) is 2.67. The third-order valence-corrected chi connectivity index (χ3v) is 1.50. The summed E-state index contributed by atoms with van der Waals surface area (Å²) in [5.74, 6) is -0.208. The van der Waals surface area contributed by atoms with E-state index in [1.807, 2.05) is 0 Å². The number of hydrogen-bond acceptors (Lipinski definition) is 0. The van der Waals surface area contributed by atoms with Crippen LogP contribution in [0.3, 0.4) is 0 Å². The smallest absolute Gasteiger partial charge is 0.120 e. The molecule has 0 fully saturated rings. The average molecular weight is 201 g/mol. The van der Waals surface area contributed by atoms with Crippen molar-refractivity contribution in [1.29, 1.82) is 0 Å². The highest BCUT2D eigenvalue weighted by Crippen LogP contribution is 2.13. The van der Waals surface area contributed by atoms with Gasteiger partial charge in [0, 0.05) is 4.48 Å². The topological polar surface area (TPSA) is 0 Å². The second-order valence-corrected chi connectivity index (χ2v) is 2.78. The molecule has 0 amide bonds. The largest absolute Gasteiger partial charge is 0.207 e. The van der Waals surface area contributed by atoms with Crippen LogP contribution in [0.5, 0.6) is 0 Å². The summed E-state index contributed by atoms with van der Waals surface area (Å²) in [5, 5.41) is 0. The van der Waals surface area contributed by atoms with Gasteiger partial charge in [-0.2, -0.15) is 0 Å². The van der Waals surface area contributed by atoms with Crippen LogP contribution in [-0.4, -0.2) is 0 Å². The minimum atomic E-state index is -0.208. The van der Waals surface area contributed by atoms with Gasteiger partial charge in [-0.05, 0) is 30.7 Å². The van der Waals surface area contributed by atoms with Gasteiger partial charge in [0.1, 0.15) is 5.83 Å². The van der Waals surface area contributed by atoms with E-state index in [0.29, 0.717) is 10.9 Å². The number of hydrogen-bond donors (Lipinski definition) is 0. The van der Waals surface area contributed by atoms with E-state index >= 15 is 0 Å². The van der Waals surface area contributed by atoms with E-state index in [9.17, 15) is 4.39 Å². The molecule has 0 saturated heterocycles. The van der Waals surface area contributed by atoms with Crippen LogP contribution in [0.25, 0.3) is 0 Å². The highest BCUT2D eigenvalue weighted by Gasteiger charge is 1.91. The lowest BCUT2D eigenvalue weighted by atomic mass is 10.3. The molecule has 52 valence electrons. The van der Waals surface area contributed by atoms with E-state index in [1.54, 1.807) is 12.2 Å². The van der Waals surface area contributed by atoms with Crippen LogP contribution < -0.4 is 0 Å². The zero-order valence-electron chi connectivity index (χ0n) is 5.27. The van der Waals surface area contributed by atoms with Crippen molar-refractivity contribution in [3.63, 3.8) is 0 Å². The summed E-state index contributed by atoms with van der Waals surface area (Å²) in [6.07, 6.45) is 6.99. The van der Waals surface area contributed by atoms with E-state index in [-0.39, 0.29) is 5.83 Å². The molecule has 1 rings (SSSR count). The summed E-state index contributed by atoms with van der Waals surface area (Å²) in [7, 11) is 0. The average Bonchev–Trinajstić information content (AvgIpc) is 1.83. The minimum Gasteiger partial charge on any atom is -0.207 e. The molecule has 1 aliphatic rings. The van der Waals surface area contributed by atoms with Gasteiger partial charge in [-0.25, -0.2) is 4.39 Å². The molecule has 0 heterocycles. The second-order valence-electron chi connectivity index (χ2n) is 1.87. The molecule has 0 nitrogen and oxygen atoms in total. The van der Waals surface area contributed by atoms with E-state index in [0.717, 1.165) is 0 Å². The fraction of sp³-hybridized carbons (Fsp3) is 0.125. The SMILES string of the molecule is FC1=C/CC=C=C/C(Br)=C\1. The van der Waals surface area contributed by atoms with Crippen molar-refractivity contribution in [1.82, 2.24) is 0 Å². The Hall–Kier alpha value is -0.590. The Balaban J connectivity index is 2.91. The molecule has 0 unspecified atom stereocenters. The van der Waals surface area contributed by atoms with Gasteiger partial charge >= 0.3 is 0 Å². The van der Waals surface area contributed by atoms with Crippen LogP contribution in [0.4, 0.5) is 4.39 Å². The molecular formula is C8H6BrF. The van der Waals surface area contributed by atoms with E-state index in [1.165, 1.54) is 12.2 Å². The van der Waals surface area contributed by atoms with Crippen LogP contribution in [0, 0.1) is 0 Å². The van der Waals surface area contributed by atoms with Gasteiger partial charge in [-0.1, -0.05) is 15.9 Å². The van der Waals surface area contributed by atoms with E-state index in [4.69, 9.17) is 0 Å². The van der Waals surface area contributed by atoms with Crippen LogP contribution in [0.1, 0.15) is 6.42 Å². The number of rotatable bonds is 0. The van der Waals surface area contributed by atoms with E-state index in [2.05, 4.69) is 21.7 Å². The van der Waals surface area contributed by atoms with Crippen LogP contribution in [-0.2, 0) is 0 Å². The van der Waals surface area contributed by atoms with Crippen molar-refractivity contribution >= 4 is 15.9 Å². The highest BCUT2D eigenvalue weighted by atomic mass is 79.9. The normalized spacial score (nSPS) is 27.8. The first-order chi connectivity index (χ1) is 4.79. The Morgan fingerprint density at radius 3 is 3.20 bits per heavy atom. The molecule has 10 heavy (non-hydrogen) atoms. The molecule has 0 atom stereocenters. The summed E-state index contributed by atoms with van der Waals surface area (Å²) in [4.78, 5) is 0. The van der Waals surface area contributed by atoms with Crippen LogP contribution >= 0.6 is 15.9 Å². The zero-order valence-corrected chi connectivity index (χ0v) is 6.86. The predicted octanol–water partition coefficient (Wildman–Crippen LogP) is 3.23. The lowest BCUT2D eigenvalue weighted by molar-refractivity contribution is 0.662. The number of halogens is 2. The summed E-state index contributed by atoms with van der Waals surface area (Å²) in [6, 6.07) is 0. The zero-order chi connectivity index (χ0) is 7.40. The molecule has 0 radical (unpaired) electrons. The molecule has 0 aromatic carbocycles. The molecule has 1 aliphatic carbocycles. The lowest BCUT2D eigenvalue weighted by Crippen LogP contribution is -1.70. The van der Waals surface area contributed by atoms with Gasteiger partial charge < -0.3 is 0 Å². The Labute approximate surface area is 67.6 Å². The van der Waals surface area contributed by atoms with Crippen molar-refractivity contribution < 1.29 is 4.39 Å². The molecular weight excluding hydrogens is 195 g/mol. The monoisotopic (exact) mass is 200 g/mol. The van der Waals surface area contributed by atoms with Crippen molar-refractivity contribution in [2.75, 3.05) is 0 Å². The van der Waals surface area contributed by atoms with Crippen molar-refractivity contribution in [2.45, 2.75) is 6.42 Å². The Morgan fingerprint density at radius 1 is 1.60 bits per heavy atom. The van der Waals surface area contributed by atoms with Gasteiger partial charge in [-0.15, -0.1) is 5.73 Å². The van der Waals surface area contributed by atoms with Gasteiger partial charge in [-0.3, -0.25) is 0 Å². The fourth-order valence-electron chi connectivity index (χ4n) is 0.610. The van der Waals surface area contributed by atoms with Crippen LogP contribution in [0.15, 0.2) is 40.3 Å². The molecule has 0 aliphatic heterocycles. The van der Waals surface area contributed by atoms with Gasteiger partial charge in [0.05, 0.1) is 0 Å². The molecule has 0 aromatic rings. The predicted molar refractivity (Wildman–Crippen MR) is 43.5 cm³/mol. The highest BCUT2D eigenvalue weighted by molar-refractivity contribution is 9.11. The fourth-order valence-corrected chi connectivity index (χ4v) is 0.961. The summed E-state index contributed by atoms with van der Waals surface area (Å²) in [6.45, 7) is 0. The lowest BCUT2D eigenvalue weighted by Gasteiger charge is -1.90. The van der Waals surface area contributed by atoms with Gasteiger partial charge in [0.15, 0.2) is 0 Å². The summed E-state index contributed by atoms with van der Waals surface area (Å²) < 4.78 is 13.3. The quantitative estimate of drug-likeness (QED) is 0.527. The molecule has 0 aromatic heterocycles. The first kappa shape index (κ1) is 7.52. The second kappa shape index (κ2) is 3.55. The molecule has 0 N–H and O–H groups in total. The maximum atomic E-state index is 12.6. The van der Waals surface area contributed by atoms with Gasteiger partial charge in [0.25, 0.3) is 0 Å². The third kappa shape index (κ3) is 2.34. The molecule has 0 saturated carbocycles. The maximum Gasteiger partial charge on any atom is 0.120 e. The standard InChI is InChI=1S/C8H6BrF/c9-7-4-2-1-3-5-8(10)6-7/h1,4-6H,3H2/b7-6+,8-5+. The van der Waals surface area contributed by atoms with E-state index < -0.39 is 0 Å².